The third kappa shape index (κ3) is 9.77. The lowest BCUT2D eigenvalue weighted by Gasteiger charge is -2.43. The van der Waals surface area contributed by atoms with Gasteiger partial charge in [0.1, 0.15) is 25.9 Å². The Morgan fingerprint density at radius 2 is 0.979 bits per heavy atom. The van der Waals surface area contributed by atoms with E-state index in [0.717, 1.165) is 0 Å². The summed E-state index contributed by atoms with van der Waals surface area (Å²) in [6.45, 7) is 5.84. The average molecular weight is 661 g/mol. The molecule has 0 amide bonds. The van der Waals surface area contributed by atoms with Crippen LogP contribution in [0.25, 0.3) is 0 Å². The summed E-state index contributed by atoms with van der Waals surface area (Å²) in [7, 11) is 0. The Morgan fingerprint density at radius 3 is 1.46 bits per heavy atom. The summed E-state index contributed by atoms with van der Waals surface area (Å²) < 4.78 is 43.8. The molecule has 1 aliphatic rings. The molecule has 1 unspecified atom stereocenters. The fraction of sp³-hybridized carbons (Fsp3) is 0.229. The Morgan fingerprint density at radius 1 is 0.542 bits per heavy atom. The number of carbonyl (C=O) groups is 5. The molecule has 0 aromatic heterocycles. The van der Waals surface area contributed by atoms with Crippen molar-refractivity contribution in [2.45, 2.75) is 30.7 Å². The van der Waals surface area contributed by atoms with Crippen LogP contribution in [0.1, 0.15) is 31.1 Å². The van der Waals surface area contributed by atoms with Gasteiger partial charge in [-0.25, -0.2) is 24.0 Å². The molecular formula is C35H32O13. The summed E-state index contributed by atoms with van der Waals surface area (Å²) in [4.78, 5) is 65.1. The lowest BCUT2D eigenvalue weighted by molar-refractivity contribution is -0.285. The molecule has 0 saturated carbocycles. The second-order valence-corrected chi connectivity index (χ2v) is 9.88. The Labute approximate surface area is 275 Å². The van der Waals surface area contributed by atoms with Crippen molar-refractivity contribution in [2.75, 3.05) is 19.8 Å². The van der Waals surface area contributed by atoms with Crippen molar-refractivity contribution in [3.05, 3.63) is 133 Å². The molecule has 0 spiro atoms. The van der Waals surface area contributed by atoms with E-state index in [4.69, 9.17) is 37.9 Å². The number of ether oxygens (including phenoxy) is 8. The zero-order chi connectivity index (χ0) is 34.3. The third-order valence-corrected chi connectivity index (χ3v) is 6.56. The van der Waals surface area contributed by atoms with Crippen LogP contribution < -0.4 is 0 Å². The van der Waals surface area contributed by atoms with Crippen LogP contribution in [0, 0.1) is 0 Å². The van der Waals surface area contributed by atoms with Crippen molar-refractivity contribution in [1.82, 2.24) is 0 Å². The molecule has 3 aromatic carbocycles. The number of rotatable bonds is 13. The minimum Gasteiger partial charge on any atom is -0.450 e. The van der Waals surface area contributed by atoms with Crippen LogP contribution >= 0.6 is 0 Å². The number of hydrogen-bond donors (Lipinski definition) is 0. The minimum atomic E-state index is -1.79. The first-order valence-electron chi connectivity index (χ1n) is 14.6. The van der Waals surface area contributed by atoms with Gasteiger partial charge in [0.25, 0.3) is 0 Å². The minimum absolute atomic E-state index is 0.0868. The summed E-state index contributed by atoms with van der Waals surface area (Å²) >= 11 is 0. The van der Waals surface area contributed by atoms with E-state index in [9.17, 15) is 24.0 Å². The quantitative estimate of drug-likeness (QED) is 0.136. The molecule has 1 saturated heterocycles. The normalized spacial score (nSPS) is 19.8. The van der Waals surface area contributed by atoms with E-state index in [2.05, 4.69) is 13.2 Å². The van der Waals surface area contributed by atoms with Gasteiger partial charge in [-0.05, 0) is 36.4 Å². The monoisotopic (exact) mass is 660 g/mol. The molecule has 5 atom stereocenters. The Kier molecular flexibility index (Phi) is 12.9. The second-order valence-electron chi connectivity index (χ2n) is 9.88. The highest BCUT2D eigenvalue weighted by molar-refractivity contribution is 5.91. The summed E-state index contributed by atoms with van der Waals surface area (Å²) in [5.41, 5.74) is 0.292. The van der Waals surface area contributed by atoms with Crippen LogP contribution in [0.5, 0.6) is 0 Å². The molecule has 4 rings (SSSR count). The summed E-state index contributed by atoms with van der Waals surface area (Å²) in [5, 5.41) is 0. The van der Waals surface area contributed by atoms with Crippen LogP contribution in [-0.2, 0) is 37.9 Å². The lowest BCUT2D eigenvalue weighted by Crippen LogP contribution is -2.63. The van der Waals surface area contributed by atoms with Crippen molar-refractivity contribution >= 4 is 30.2 Å². The molecule has 13 heteroatoms. The van der Waals surface area contributed by atoms with E-state index in [1.807, 2.05) is 0 Å². The van der Waals surface area contributed by atoms with Gasteiger partial charge in [-0.2, -0.15) is 0 Å². The van der Waals surface area contributed by atoms with Gasteiger partial charge in [0.05, 0.1) is 16.7 Å². The topological polar surface area (TPSA) is 159 Å². The third-order valence-electron chi connectivity index (χ3n) is 6.56. The zero-order valence-corrected chi connectivity index (χ0v) is 25.5. The predicted octanol–water partition coefficient (Wildman–Crippen LogP) is 5.07. The Hall–Kier alpha value is -5.95. The van der Waals surface area contributed by atoms with Crippen LogP contribution in [-0.4, -0.2) is 80.7 Å². The SMILES string of the molecule is C=CCOC(=O)OC[C@H]1OC(OC(=O)c2ccccc2)[C@H](OC(=O)c2ccccc2)[C@@H](OC(=O)c2ccccc2)[C@@H]1OC(=O)OCC=C. The molecule has 48 heavy (non-hydrogen) atoms. The first-order chi connectivity index (χ1) is 23.3. The van der Waals surface area contributed by atoms with Crippen LogP contribution in [0.2, 0.25) is 0 Å². The largest absolute Gasteiger partial charge is 0.509 e. The highest BCUT2D eigenvalue weighted by atomic mass is 16.8. The van der Waals surface area contributed by atoms with Crippen molar-refractivity contribution in [2.24, 2.45) is 0 Å². The first kappa shape index (κ1) is 34.9. The molecule has 0 radical (unpaired) electrons. The van der Waals surface area contributed by atoms with E-state index >= 15 is 0 Å². The van der Waals surface area contributed by atoms with Crippen LogP contribution in [0.3, 0.4) is 0 Å². The smallest absolute Gasteiger partial charge is 0.450 e. The Balaban J connectivity index is 1.77. The molecule has 0 aliphatic carbocycles. The van der Waals surface area contributed by atoms with E-state index in [0.29, 0.717) is 0 Å². The average Bonchev–Trinajstić information content (AvgIpc) is 3.12. The van der Waals surface area contributed by atoms with Crippen molar-refractivity contribution in [3.8, 4) is 0 Å². The maximum atomic E-state index is 13.4. The van der Waals surface area contributed by atoms with Gasteiger partial charge in [-0.15, -0.1) is 0 Å². The van der Waals surface area contributed by atoms with Gasteiger partial charge in [-0.1, -0.05) is 79.9 Å². The number of carbonyl (C=O) groups excluding carboxylic acids is 5. The van der Waals surface area contributed by atoms with E-state index in [1.54, 1.807) is 54.6 Å². The van der Waals surface area contributed by atoms with E-state index in [1.165, 1.54) is 48.6 Å². The maximum absolute atomic E-state index is 13.4. The van der Waals surface area contributed by atoms with Gasteiger partial charge < -0.3 is 37.9 Å². The van der Waals surface area contributed by atoms with Gasteiger partial charge in [0, 0.05) is 0 Å². The molecule has 13 nitrogen and oxygen atoms in total. The maximum Gasteiger partial charge on any atom is 0.509 e. The summed E-state index contributed by atoms with van der Waals surface area (Å²) in [6.07, 6.45) is -8.21. The molecule has 0 N–H and O–H groups in total. The van der Waals surface area contributed by atoms with Gasteiger partial charge in [-0.3, -0.25) is 0 Å². The van der Waals surface area contributed by atoms with Crippen molar-refractivity contribution in [1.29, 1.82) is 0 Å². The standard InChI is InChI=1S/C35H32O13/c1-3-20-41-34(39)43-22-26-27(47-35(40)42-21-4-2)28(45-30(36)23-14-8-5-9-15-23)29(46-31(37)24-16-10-6-11-17-24)33(44-26)48-32(38)25-18-12-7-13-19-25/h3-19,26-29,33H,1-2,20-22H2/t26-,27-,28+,29-,33?/m1/s1. The molecule has 1 aliphatic heterocycles. The van der Waals surface area contributed by atoms with Gasteiger partial charge in [0.15, 0.2) is 12.2 Å². The Bertz CT molecular complexity index is 1560. The zero-order valence-electron chi connectivity index (χ0n) is 25.5. The molecular weight excluding hydrogens is 628 g/mol. The first-order valence-corrected chi connectivity index (χ1v) is 14.6. The van der Waals surface area contributed by atoms with Crippen LogP contribution in [0.4, 0.5) is 9.59 Å². The fourth-order valence-electron chi connectivity index (χ4n) is 4.38. The highest BCUT2D eigenvalue weighted by Crippen LogP contribution is 2.32. The molecule has 3 aromatic rings. The molecule has 250 valence electrons. The lowest BCUT2D eigenvalue weighted by atomic mass is 9.98. The van der Waals surface area contributed by atoms with E-state index in [-0.39, 0.29) is 29.9 Å². The molecule has 1 heterocycles. The number of esters is 3. The highest BCUT2D eigenvalue weighted by Gasteiger charge is 2.55. The second kappa shape index (κ2) is 17.7. The van der Waals surface area contributed by atoms with Crippen molar-refractivity contribution < 1.29 is 61.9 Å². The number of benzene rings is 3. The fourth-order valence-corrected chi connectivity index (χ4v) is 4.38. The van der Waals surface area contributed by atoms with Crippen molar-refractivity contribution in [3.63, 3.8) is 0 Å². The summed E-state index contributed by atoms with van der Waals surface area (Å²) in [6, 6.07) is 23.4. The van der Waals surface area contributed by atoms with Gasteiger partial charge in [0.2, 0.25) is 12.4 Å². The number of hydrogen-bond acceptors (Lipinski definition) is 13. The predicted molar refractivity (Wildman–Crippen MR) is 166 cm³/mol. The van der Waals surface area contributed by atoms with Crippen LogP contribution in [0.15, 0.2) is 116 Å². The van der Waals surface area contributed by atoms with Gasteiger partial charge >= 0.3 is 30.2 Å². The van der Waals surface area contributed by atoms with E-state index < -0.39 is 67.5 Å². The molecule has 0 bridgehead atoms. The molecule has 1 fully saturated rings. The summed E-state index contributed by atoms with van der Waals surface area (Å²) in [5.74, 6) is -2.74.